The number of ether oxygens (including phenoxy) is 1. The van der Waals surface area contributed by atoms with Crippen LogP contribution in [-0.4, -0.2) is 46.1 Å². The van der Waals surface area contributed by atoms with Gasteiger partial charge in [0.2, 0.25) is 0 Å². The zero-order chi connectivity index (χ0) is 44.7. The van der Waals surface area contributed by atoms with Gasteiger partial charge in [0.25, 0.3) is 0 Å². The molecule has 0 aromatic heterocycles. The molecule has 0 aromatic carbocycles. The van der Waals surface area contributed by atoms with Gasteiger partial charge in [0.15, 0.2) is 29.9 Å². The third kappa shape index (κ3) is 40.2. The third-order valence-electron chi connectivity index (χ3n) is 11.8. The van der Waals surface area contributed by atoms with Crippen molar-refractivity contribution in [3.63, 3.8) is 0 Å². The van der Waals surface area contributed by atoms with Crippen LogP contribution < -0.4 is 0 Å². The SMILES string of the molecule is CCCCC/C=C\C/C=C\C/C=C\C/C=C\CCCC(=O)OC(C(O)C(=O)CCCCCCCCCCCCCCC)C(O)C(=O)CCCCCCCCCCCCCCC. The summed E-state index contributed by atoms with van der Waals surface area (Å²) in [5.41, 5.74) is 0. The van der Waals surface area contributed by atoms with Crippen LogP contribution in [0.2, 0.25) is 0 Å². The Hall–Kier alpha value is -2.31. The molecule has 0 amide bonds. The minimum absolute atomic E-state index is 0.0774. The Kier molecular flexibility index (Phi) is 45.4. The summed E-state index contributed by atoms with van der Waals surface area (Å²) in [4.78, 5) is 39.2. The van der Waals surface area contributed by atoms with E-state index < -0.39 is 35.8 Å². The monoisotopic (exact) mass is 855 g/mol. The molecule has 2 N–H and O–H groups in total. The summed E-state index contributed by atoms with van der Waals surface area (Å²) in [6.07, 6.45) is 52.5. The molecule has 0 rings (SSSR count). The van der Waals surface area contributed by atoms with E-state index in [1.165, 1.54) is 141 Å². The predicted octanol–water partition coefficient (Wildman–Crippen LogP) is 15.9. The summed E-state index contributed by atoms with van der Waals surface area (Å²) in [6.45, 7) is 6.73. The van der Waals surface area contributed by atoms with Gasteiger partial charge in [0.05, 0.1) is 0 Å². The maximum absolute atomic E-state index is 13.1. The van der Waals surface area contributed by atoms with Crippen molar-refractivity contribution >= 4 is 17.5 Å². The molecular weight excluding hydrogens is 757 g/mol. The second-order valence-electron chi connectivity index (χ2n) is 17.7. The number of aliphatic hydroxyl groups excluding tert-OH is 2. The third-order valence-corrected chi connectivity index (χ3v) is 11.8. The lowest BCUT2D eigenvalue weighted by Gasteiger charge is -2.26. The van der Waals surface area contributed by atoms with Crippen LogP contribution in [0.1, 0.15) is 265 Å². The number of unbranched alkanes of at least 4 members (excludes halogenated alkanes) is 28. The second kappa shape index (κ2) is 47.2. The first kappa shape index (κ1) is 58.7. The molecule has 0 spiro atoms. The van der Waals surface area contributed by atoms with E-state index in [0.29, 0.717) is 25.7 Å². The Morgan fingerprint density at radius 3 is 0.984 bits per heavy atom. The van der Waals surface area contributed by atoms with Gasteiger partial charge in [0, 0.05) is 19.3 Å². The standard InChI is InChI=1S/C55H98O6/c1-4-7-10-13-16-19-22-25-26-27-28-31-34-37-40-43-46-49-52(58)61-55(53(59)50(56)47-44-41-38-35-32-29-23-20-17-14-11-8-5-2)54(60)51(57)48-45-42-39-36-33-30-24-21-18-15-12-9-6-3/h16,19,25-26,28,31,37,40,53-55,59-60H,4-15,17-18,20-24,27,29-30,32-36,38-39,41-49H2,1-3H3/b19-16-,26-25-,31-28-,40-37-. The Balaban J connectivity index is 4.73. The van der Waals surface area contributed by atoms with Gasteiger partial charge in [-0.1, -0.05) is 236 Å². The molecule has 0 aliphatic heterocycles. The number of allylic oxidation sites excluding steroid dienone is 8. The van der Waals surface area contributed by atoms with Crippen LogP contribution in [0.15, 0.2) is 48.6 Å². The van der Waals surface area contributed by atoms with Crippen molar-refractivity contribution in [1.29, 1.82) is 0 Å². The van der Waals surface area contributed by atoms with E-state index in [0.717, 1.165) is 57.8 Å². The molecule has 0 saturated heterocycles. The van der Waals surface area contributed by atoms with Crippen LogP contribution in [-0.2, 0) is 19.1 Å². The Bertz CT molecular complexity index is 1060. The molecule has 0 saturated carbocycles. The summed E-state index contributed by atoms with van der Waals surface area (Å²) in [6, 6.07) is 0. The van der Waals surface area contributed by atoms with Crippen molar-refractivity contribution in [3.8, 4) is 0 Å². The molecule has 0 fully saturated rings. The lowest BCUT2D eigenvalue weighted by Crippen LogP contribution is -2.48. The minimum atomic E-state index is -1.72. The highest BCUT2D eigenvalue weighted by Crippen LogP contribution is 2.19. The highest BCUT2D eigenvalue weighted by atomic mass is 16.6. The number of carbonyl (C=O) groups is 3. The number of esters is 1. The van der Waals surface area contributed by atoms with Gasteiger partial charge in [-0.25, -0.2) is 0 Å². The topological polar surface area (TPSA) is 101 Å². The molecule has 2 atom stereocenters. The molecule has 6 heteroatoms. The molecule has 6 nitrogen and oxygen atoms in total. The lowest BCUT2D eigenvalue weighted by molar-refractivity contribution is -0.170. The molecule has 0 radical (unpaired) electrons. The predicted molar refractivity (Wildman–Crippen MR) is 261 cm³/mol. The molecule has 2 unspecified atom stereocenters. The number of ketones is 2. The number of carbonyl (C=O) groups excluding carboxylic acids is 3. The van der Waals surface area contributed by atoms with Gasteiger partial charge in [-0.15, -0.1) is 0 Å². The fourth-order valence-electron chi connectivity index (χ4n) is 7.73. The molecule has 0 aliphatic carbocycles. The summed E-state index contributed by atoms with van der Waals surface area (Å²) < 4.78 is 5.56. The van der Waals surface area contributed by atoms with E-state index in [-0.39, 0.29) is 19.3 Å². The molecular formula is C55H98O6. The first-order valence-electron chi connectivity index (χ1n) is 26.1. The molecule has 354 valence electrons. The maximum Gasteiger partial charge on any atom is 0.306 e. The molecule has 0 aromatic rings. The molecule has 61 heavy (non-hydrogen) atoms. The van der Waals surface area contributed by atoms with Crippen LogP contribution in [0.25, 0.3) is 0 Å². The fraction of sp³-hybridized carbons (Fsp3) is 0.800. The number of aliphatic hydroxyl groups is 2. The molecule has 0 aliphatic rings. The van der Waals surface area contributed by atoms with Gasteiger partial charge < -0.3 is 14.9 Å². The van der Waals surface area contributed by atoms with Gasteiger partial charge in [0.1, 0.15) is 0 Å². The van der Waals surface area contributed by atoms with Gasteiger partial charge in [-0.05, 0) is 57.8 Å². The summed E-state index contributed by atoms with van der Waals surface area (Å²) >= 11 is 0. The van der Waals surface area contributed by atoms with Crippen molar-refractivity contribution in [2.45, 2.75) is 283 Å². The van der Waals surface area contributed by atoms with E-state index >= 15 is 0 Å². The smallest absolute Gasteiger partial charge is 0.306 e. The zero-order valence-electron chi connectivity index (χ0n) is 40.2. The Morgan fingerprint density at radius 2 is 0.639 bits per heavy atom. The highest BCUT2D eigenvalue weighted by molar-refractivity contribution is 5.88. The fourth-order valence-corrected chi connectivity index (χ4v) is 7.73. The number of rotatable bonds is 47. The summed E-state index contributed by atoms with van der Waals surface area (Å²) in [5.74, 6) is -1.56. The molecule has 0 bridgehead atoms. The second-order valence-corrected chi connectivity index (χ2v) is 17.7. The highest BCUT2D eigenvalue weighted by Gasteiger charge is 2.38. The Morgan fingerprint density at radius 1 is 0.361 bits per heavy atom. The van der Waals surface area contributed by atoms with Crippen LogP contribution >= 0.6 is 0 Å². The maximum atomic E-state index is 13.1. The average molecular weight is 855 g/mol. The van der Waals surface area contributed by atoms with Crippen molar-refractivity contribution in [1.82, 2.24) is 0 Å². The van der Waals surface area contributed by atoms with E-state index in [4.69, 9.17) is 4.74 Å². The summed E-state index contributed by atoms with van der Waals surface area (Å²) in [5, 5.41) is 22.2. The van der Waals surface area contributed by atoms with Crippen molar-refractivity contribution in [2.75, 3.05) is 0 Å². The lowest BCUT2D eigenvalue weighted by atomic mass is 9.95. The molecule has 0 heterocycles. The van der Waals surface area contributed by atoms with Crippen LogP contribution in [0.4, 0.5) is 0 Å². The number of hydrogen-bond donors (Lipinski definition) is 2. The van der Waals surface area contributed by atoms with E-state index in [9.17, 15) is 24.6 Å². The van der Waals surface area contributed by atoms with Crippen LogP contribution in [0.5, 0.6) is 0 Å². The normalized spacial score (nSPS) is 13.6. The van der Waals surface area contributed by atoms with Crippen molar-refractivity contribution < 1.29 is 29.3 Å². The Labute approximate surface area is 377 Å². The van der Waals surface area contributed by atoms with Crippen molar-refractivity contribution in [2.24, 2.45) is 0 Å². The van der Waals surface area contributed by atoms with Gasteiger partial charge >= 0.3 is 5.97 Å². The van der Waals surface area contributed by atoms with E-state index in [1.807, 2.05) is 6.08 Å². The van der Waals surface area contributed by atoms with Crippen molar-refractivity contribution in [3.05, 3.63) is 48.6 Å². The first-order chi connectivity index (χ1) is 29.9. The number of Topliss-reactive ketones (excluding diaryl/α,β-unsaturated/α-hetero) is 2. The van der Waals surface area contributed by atoms with Crippen LogP contribution in [0, 0.1) is 0 Å². The van der Waals surface area contributed by atoms with E-state index in [1.54, 1.807) is 0 Å². The average Bonchev–Trinajstić information content (AvgIpc) is 3.26. The summed E-state index contributed by atoms with van der Waals surface area (Å²) in [7, 11) is 0. The minimum Gasteiger partial charge on any atom is -0.456 e. The quantitative estimate of drug-likeness (QED) is 0.0359. The number of hydrogen-bond acceptors (Lipinski definition) is 6. The van der Waals surface area contributed by atoms with Crippen LogP contribution in [0.3, 0.4) is 0 Å². The first-order valence-corrected chi connectivity index (χ1v) is 26.1. The largest absolute Gasteiger partial charge is 0.456 e. The van der Waals surface area contributed by atoms with E-state index in [2.05, 4.69) is 63.3 Å². The zero-order valence-corrected chi connectivity index (χ0v) is 40.2. The van der Waals surface area contributed by atoms with Gasteiger partial charge in [-0.2, -0.15) is 0 Å². The van der Waals surface area contributed by atoms with Gasteiger partial charge in [-0.3, -0.25) is 14.4 Å².